The second-order valence-electron chi connectivity index (χ2n) is 4.18. The summed E-state index contributed by atoms with van der Waals surface area (Å²) >= 11 is 0. The fourth-order valence-electron chi connectivity index (χ4n) is 1.60. The standard InChI is InChI=1S/C11H19N5O2/c1-3-4-5-8(2)13-10-6-9(16(17)18)7-11(14-10)15-12/h6-8H,3-5,12H2,1-2H3,(H2,13,14,15). The monoisotopic (exact) mass is 253 g/mol. The number of hydrazine groups is 1. The quantitative estimate of drug-likeness (QED) is 0.391. The minimum atomic E-state index is -0.468. The third-order valence-electron chi connectivity index (χ3n) is 2.55. The molecule has 1 unspecified atom stereocenters. The van der Waals surface area contributed by atoms with Gasteiger partial charge in [-0.1, -0.05) is 19.8 Å². The third-order valence-corrected chi connectivity index (χ3v) is 2.55. The van der Waals surface area contributed by atoms with Crippen LogP contribution in [0.15, 0.2) is 12.1 Å². The summed E-state index contributed by atoms with van der Waals surface area (Å²) in [5.74, 6) is 5.97. The molecule has 1 aromatic heterocycles. The molecule has 0 radical (unpaired) electrons. The molecule has 0 aliphatic rings. The summed E-state index contributed by atoms with van der Waals surface area (Å²) in [6, 6.07) is 2.91. The number of nitrogens with one attached hydrogen (secondary N) is 2. The van der Waals surface area contributed by atoms with Gasteiger partial charge in [0, 0.05) is 6.04 Å². The smallest absolute Gasteiger partial charge is 0.276 e. The minimum absolute atomic E-state index is 0.0388. The number of anilines is 2. The van der Waals surface area contributed by atoms with Crippen molar-refractivity contribution < 1.29 is 4.92 Å². The van der Waals surface area contributed by atoms with Crippen molar-refractivity contribution in [3.8, 4) is 0 Å². The number of nitrogen functional groups attached to an aromatic ring is 1. The molecule has 7 heteroatoms. The number of aromatic nitrogens is 1. The highest BCUT2D eigenvalue weighted by molar-refractivity contribution is 5.54. The number of pyridine rings is 1. The molecule has 4 N–H and O–H groups in total. The van der Waals surface area contributed by atoms with Crippen molar-refractivity contribution in [2.75, 3.05) is 10.7 Å². The van der Waals surface area contributed by atoms with Crippen molar-refractivity contribution in [2.45, 2.75) is 39.2 Å². The van der Waals surface area contributed by atoms with Gasteiger partial charge in [-0.05, 0) is 13.3 Å². The van der Waals surface area contributed by atoms with Gasteiger partial charge < -0.3 is 10.7 Å². The molecule has 0 aliphatic heterocycles. The molecule has 7 nitrogen and oxygen atoms in total. The Balaban J connectivity index is 2.81. The SMILES string of the molecule is CCCCC(C)Nc1cc([N+](=O)[O-])cc(NN)n1. The molecule has 0 saturated carbocycles. The van der Waals surface area contributed by atoms with Gasteiger partial charge >= 0.3 is 0 Å². The van der Waals surface area contributed by atoms with Gasteiger partial charge in [-0.3, -0.25) is 10.1 Å². The van der Waals surface area contributed by atoms with E-state index in [0.29, 0.717) is 5.82 Å². The largest absolute Gasteiger partial charge is 0.367 e. The van der Waals surface area contributed by atoms with Gasteiger partial charge in [0.2, 0.25) is 0 Å². The lowest BCUT2D eigenvalue weighted by Crippen LogP contribution is -2.17. The van der Waals surface area contributed by atoms with Gasteiger partial charge in [0.25, 0.3) is 5.69 Å². The van der Waals surface area contributed by atoms with Crippen LogP contribution in [-0.4, -0.2) is 15.9 Å². The number of unbranched alkanes of at least 4 members (excludes halogenated alkanes) is 1. The normalized spacial score (nSPS) is 11.9. The maximum atomic E-state index is 10.8. The van der Waals surface area contributed by atoms with Crippen LogP contribution in [0.1, 0.15) is 33.1 Å². The Morgan fingerprint density at radius 2 is 2.17 bits per heavy atom. The van der Waals surface area contributed by atoms with Crippen molar-refractivity contribution in [3.05, 3.63) is 22.2 Å². The van der Waals surface area contributed by atoms with Crippen molar-refractivity contribution in [3.63, 3.8) is 0 Å². The Labute approximate surface area is 106 Å². The molecule has 0 aromatic carbocycles. The van der Waals surface area contributed by atoms with E-state index in [1.54, 1.807) is 0 Å². The molecular formula is C11H19N5O2. The molecule has 18 heavy (non-hydrogen) atoms. The third kappa shape index (κ3) is 4.17. The van der Waals surface area contributed by atoms with E-state index in [0.717, 1.165) is 19.3 Å². The fraction of sp³-hybridized carbons (Fsp3) is 0.545. The molecule has 0 spiro atoms. The molecule has 1 rings (SSSR count). The van der Waals surface area contributed by atoms with E-state index in [9.17, 15) is 10.1 Å². The Hall–Kier alpha value is -1.89. The average molecular weight is 253 g/mol. The molecule has 1 heterocycles. The summed E-state index contributed by atoms with van der Waals surface area (Å²) in [6.07, 6.45) is 3.21. The minimum Gasteiger partial charge on any atom is -0.367 e. The number of hydrogen-bond acceptors (Lipinski definition) is 6. The lowest BCUT2D eigenvalue weighted by molar-refractivity contribution is -0.384. The Kier molecular flexibility index (Phi) is 5.31. The first kappa shape index (κ1) is 14.2. The van der Waals surface area contributed by atoms with Crippen LogP contribution in [-0.2, 0) is 0 Å². The Bertz CT molecular complexity index is 410. The second kappa shape index (κ2) is 6.75. The van der Waals surface area contributed by atoms with Crippen LogP contribution in [0.3, 0.4) is 0 Å². The Morgan fingerprint density at radius 1 is 1.50 bits per heavy atom. The first-order valence-electron chi connectivity index (χ1n) is 5.96. The van der Waals surface area contributed by atoms with E-state index < -0.39 is 4.92 Å². The molecular weight excluding hydrogens is 234 g/mol. The van der Waals surface area contributed by atoms with Crippen LogP contribution in [0.2, 0.25) is 0 Å². The lowest BCUT2D eigenvalue weighted by Gasteiger charge is -2.14. The Morgan fingerprint density at radius 3 is 2.72 bits per heavy atom. The van der Waals surface area contributed by atoms with Crippen LogP contribution >= 0.6 is 0 Å². The summed E-state index contributed by atoms with van der Waals surface area (Å²) in [4.78, 5) is 14.4. The van der Waals surface area contributed by atoms with Gasteiger partial charge in [0.15, 0.2) is 0 Å². The predicted molar refractivity (Wildman–Crippen MR) is 71.3 cm³/mol. The number of nitrogens with zero attached hydrogens (tertiary/aromatic N) is 2. The van der Waals surface area contributed by atoms with Crippen LogP contribution < -0.4 is 16.6 Å². The van der Waals surface area contributed by atoms with Crippen molar-refractivity contribution in [1.29, 1.82) is 0 Å². The zero-order chi connectivity index (χ0) is 13.5. The molecule has 0 amide bonds. The highest BCUT2D eigenvalue weighted by Crippen LogP contribution is 2.21. The van der Waals surface area contributed by atoms with E-state index in [1.807, 2.05) is 6.92 Å². The van der Waals surface area contributed by atoms with Crippen LogP contribution in [0.25, 0.3) is 0 Å². The zero-order valence-corrected chi connectivity index (χ0v) is 10.6. The number of hydrogen-bond donors (Lipinski definition) is 3. The van der Waals surface area contributed by atoms with E-state index >= 15 is 0 Å². The van der Waals surface area contributed by atoms with Gasteiger partial charge in [-0.25, -0.2) is 10.8 Å². The maximum absolute atomic E-state index is 10.8. The number of nitro groups is 1. The zero-order valence-electron chi connectivity index (χ0n) is 10.6. The maximum Gasteiger partial charge on any atom is 0.276 e. The number of rotatable bonds is 7. The van der Waals surface area contributed by atoms with Gasteiger partial charge in [-0.15, -0.1) is 0 Å². The number of nitrogens with two attached hydrogens (primary N) is 1. The summed E-state index contributed by atoms with van der Waals surface area (Å²) in [5.41, 5.74) is 2.28. The van der Waals surface area contributed by atoms with E-state index in [-0.39, 0.29) is 17.5 Å². The summed E-state index contributed by atoms with van der Waals surface area (Å²) in [7, 11) is 0. The highest BCUT2D eigenvalue weighted by Gasteiger charge is 2.12. The predicted octanol–water partition coefficient (Wildman–Crippen LogP) is 2.27. The molecule has 0 bridgehead atoms. The van der Waals surface area contributed by atoms with Gasteiger partial charge in [-0.2, -0.15) is 0 Å². The van der Waals surface area contributed by atoms with Crippen molar-refractivity contribution in [1.82, 2.24) is 4.98 Å². The van der Waals surface area contributed by atoms with Crippen LogP contribution in [0.5, 0.6) is 0 Å². The molecule has 100 valence electrons. The lowest BCUT2D eigenvalue weighted by atomic mass is 10.1. The van der Waals surface area contributed by atoms with Gasteiger partial charge in [0.05, 0.1) is 17.1 Å². The first-order valence-corrected chi connectivity index (χ1v) is 5.96. The summed E-state index contributed by atoms with van der Waals surface area (Å²) in [5, 5.41) is 13.9. The fourth-order valence-corrected chi connectivity index (χ4v) is 1.60. The van der Waals surface area contributed by atoms with Gasteiger partial charge in [0.1, 0.15) is 11.6 Å². The molecule has 1 atom stereocenters. The molecule has 0 saturated heterocycles. The van der Waals surface area contributed by atoms with E-state index in [2.05, 4.69) is 22.7 Å². The topological polar surface area (TPSA) is 106 Å². The first-order chi connectivity index (χ1) is 8.56. The second-order valence-corrected chi connectivity index (χ2v) is 4.18. The van der Waals surface area contributed by atoms with Crippen LogP contribution in [0, 0.1) is 10.1 Å². The van der Waals surface area contributed by atoms with E-state index in [4.69, 9.17) is 5.84 Å². The van der Waals surface area contributed by atoms with Crippen molar-refractivity contribution >= 4 is 17.3 Å². The van der Waals surface area contributed by atoms with E-state index in [1.165, 1.54) is 12.1 Å². The molecule has 1 aromatic rings. The van der Waals surface area contributed by atoms with Crippen LogP contribution in [0.4, 0.5) is 17.3 Å². The summed E-state index contributed by atoms with van der Waals surface area (Å²) in [6.45, 7) is 4.14. The highest BCUT2D eigenvalue weighted by atomic mass is 16.6. The van der Waals surface area contributed by atoms with Crippen molar-refractivity contribution in [2.24, 2.45) is 5.84 Å². The summed E-state index contributed by atoms with van der Waals surface area (Å²) < 4.78 is 0. The average Bonchev–Trinajstić information content (AvgIpc) is 2.35. The molecule has 0 fully saturated rings. The molecule has 0 aliphatic carbocycles.